The molecular formula is C40H45N5O7. The fourth-order valence-electron chi connectivity index (χ4n) is 5.74. The molecule has 0 unspecified atom stereocenters. The van der Waals surface area contributed by atoms with Crippen molar-refractivity contribution in [2.24, 2.45) is 5.73 Å². The average molecular weight is 708 g/mol. The highest BCUT2D eigenvalue weighted by atomic mass is 16.6. The number of hydrogen-bond donors (Lipinski definition) is 5. The molecule has 4 rings (SSSR count). The first-order valence-corrected chi connectivity index (χ1v) is 17.0. The fourth-order valence-corrected chi connectivity index (χ4v) is 5.74. The first-order chi connectivity index (χ1) is 24.8. The Morgan fingerprint density at radius 1 is 0.750 bits per heavy atom. The molecule has 0 aliphatic rings. The van der Waals surface area contributed by atoms with E-state index in [0.717, 1.165) is 16.7 Å². The molecule has 0 saturated carbocycles. The van der Waals surface area contributed by atoms with Crippen LogP contribution in [0, 0.1) is 0 Å². The van der Waals surface area contributed by atoms with Gasteiger partial charge in [-0.1, -0.05) is 97.1 Å². The molecule has 12 heteroatoms. The van der Waals surface area contributed by atoms with E-state index >= 15 is 0 Å². The number of aromatic nitrogens is 1. The van der Waals surface area contributed by atoms with Crippen LogP contribution in [0.5, 0.6) is 0 Å². The van der Waals surface area contributed by atoms with E-state index in [4.69, 9.17) is 10.5 Å². The summed E-state index contributed by atoms with van der Waals surface area (Å²) >= 11 is 0. The van der Waals surface area contributed by atoms with Gasteiger partial charge in [-0.15, -0.1) is 0 Å². The molecule has 3 atom stereocenters. The van der Waals surface area contributed by atoms with E-state index in [1.54, 1.807) is 32.9 Å². The highest BCUT2D eigenvalue weighted by Crippen LogP contribution is 2.37. The second-order valence-electron chi connectivity index (χ2n) is 13.4. The van der Waals surface area contributed by atoms with Gasteiger partial charge in [-0.05, 0) is 55.5 Å². The van der Waals surface area contributed by atoms with Crippen LogP contribution in [0.2, 0.25) is 0 Å². The second kappa shape index (κ2) is 17.9. The molecule has 272 valence electrons. The summed E-state index contributed by atoms with van der Waals surface area (Å²) in [6.45, 7) is 5.14. The van der Waals surface area contributed by atoms with Crippen LogP contribution in [0.15, 0.2) is 116 Å². The Hall–Kier alpha value is -5.88. The molecule has 0 saturated heterocycles. The number of pyridine rings is 1. The maximum atomic E-state index is 14.2. The maximum Gasteiger partial charge on any atom is 0.326 e. The summed E-state index contributed by atoms with van der Waals surface area (Å²) in [4.78, 5) is 70.0. The molecule has 52 heavy (non-hydrogen) atoms. The summed E-state index contributed by atoms with van der Waals surface area (Å²) in [6, 6.07) is 27.1. The zero-order valence-corrected chi connectivity index (χ0v) is 29.5. The Morgan fingerprint density at radius 3 is 1.73 bits per heavy atom. The maximum absolute atomic E-state index is 14.2. The van der Waals surface area contributed by atoms with Crippen LogP contribution in [0.25, 0.3) is 0 Å². The molecule has 3 aromatic carbocycles. The van der Waals surface area contributed by atoms with Crippen LogP contribution in [-0.2, 0) is 40.7 Å². The molecule has 0 bridgehead atoms. The van der Waals surface area contributed by atoms with Gasteiger partial charge in [0.15, 0.2) is 0 Å². The third kappa shape index (κ3) is 10.8. The van der Waals surface area contributed by atoms with Crippen molar-refractivity contribution < 1.29 is 33.8 Å². The van der Waals surface area contributed by atoms with Crippen molar-refractivity contribution in [1.82, 2.24) is 20.9 Å². The van der Waals surface area contributed by atoms with Gasteiger partial charge in [0, 0.05) is 25.2 Å². The molecule has 0 radical (unpaired) electrons. The molecule has 0 fully saturated rings. The van der Waals surface area contributed by atoms with Crippen molar-refractivity contribution in [1.29, 1.82) is 0 Å². The van der Waals surface area contributed by atoms with Crippen molar-refractivity contribution in [2.45, 2.75) is 75.7 Å². The normalized spacial score (nSPS) is 13.2. The number of carbonyl (C=O) groups is 5. The number of nitrogens with zero attached hydrogens (tertiary/aromatic N) is 1. The Bertz CT molecular complexity index is 1700. The van der Waals surface area contributed by atoms with Gasteiger partial charge in [-0.3, -0.25) is 24.2 Å². The smallest absolute Gasteiger partial charge is 0.326 e. The van der Waals surface area contributed by atoms with Gasteiger partial charge in [0.05, 0.1) is 12.5 Å². The van der Waals surface area contributed by atoms with Crippen LogP contribution in [0.4, 0.5) is 0 Å². The van der Waals surface area contributed by atoms with Crippen molar-refractivity contribution in [3.8, 4) is 0 Å². The molecule has 0 aliphatic carbocycles. The number of hydrogen-bond acceptors (Lipinski definition) is 8. The zero-order valence-electron chi connectivity index (χ0n) is 29.5. The fraction of sp³-hybridized carbons (Fsp3) is 0.300. The number of carbonyl (C=O) groups excluding carboxylic acids is 4. The standard InChI is InChI=1S/C40H45N5O7/c1-39(2,3)52-35(47)22-21-31(41)36(48)43-32(37(49)44-33(38(50)51)24-27-14-13-23-42-26-27)25-34(46)45-40(28-15-7-4-8-16-28,29-17-9-5-10-18-29)30-19-11-6-12-20-30/h4-20,23,26,31-33H,21-22,24-25,41H2,1-3H3,(H,43,48)(H,44,49)(H,45,46)(H,50,51)/t31-,32-,33-/m0/s1. The van der Waals surface area contributed by atoms with E-state index in [2.05, 4.69) is 20.9 Å². The number of nitrogens with one attached hydrogen (secondary N) is 3. The molecule has 0 spiro atoms. The Labute approximate surface area is 303 Å². The zero-order chi connectivity index (χ0) is 37.7. The first-order valence-electron chi connectivity index (χ1n) is 17.0. The number of esters is 1. The highest BCUT2D eigenvalue weighted by molar-refractivity contribution is 5.95. The van der Waals surface area contributed by atoms with E-state index in [-0.39, 0.29) is 19.3 Å². The van der Waals surface area contributed by atoms with E-state index in [1.165, 1.54) is 12.4 Å². The van der Waals surface area contributed by atoms with Gasteiger partial charge >= 0.3 is 11.9 Å². The lowest BCUT2D eigenvalue weighted by Crippen LogP contribution is -2.57. The first kappa shape index (κ1) is 38.9. The summed E-state index contributed by atoms with van der Waals surface area (Å²) in [5.41, 5.74) is 6.94. The van der Waals surface area contributed by atoms with Crippen LogP contribution < -0.4 is 21.7 Å². The van der Waals surface area contributed by atoms with Gasteiger partial charge in [0.1, 0.15) is 23.2 Å². The summed E-state index contributed by atoms with van der Waals surface area (Å²) in [6.07, 6.45) is 2.08. The van der Waals surface area contributed by atoms with E-state index in [9.17, 15) is 29.1 Å². The minimum absolute atomic E-state index is 0.0980. The molecule has 3 amide bonds. The molecule has 6 N–H and O–H groups in total. The minimum atomic E-state index is -1.55. The molecular weight excluding hydrogens is 662 g/mol. The summed E-state index contributed by atoms with van der Waals surface area (Å²) in [7, 11) is 0. The Morgan fingerprint density at radius 2 is 1.27 bits per heavy atom. The number of aliphatic carboxylic acids is 1. The quantitative estimate of drug-likeness (QED) is 0.0856. The lowest BCUT2D eigenvalue weighted by atomic mass is 9.77. The monoisotopic (exact) mass is 707 g/mol. The van der Waals surface area contributed by atoms with Crippen molar-refractivity contribution in [2.75, 3.05) is 0 Å². The van der Waals surface area contributed by atoms with Gasteiger partial charge < -0.3 is 31.5 Å². The second-order valence-corrected chi connectivity index (χ2v) is 13.4. The minimum Gasteiger partial charge on any atom is -0.480 e. The number of rotatable bonds is 16. The Kier molecular flexibility index (Phi) is 13.4. The third-order valence-electron chi connectivity index (χ3n) is 8.16. The number of nitrogens with two attached hydrogens (primary N) is 1. The van der Waals surface area contributed by atoms with Crippen molar-refractivity contribution in [3.63, 3.8) is 0 Å². The van der Waals surface area contributed by atoms with Crippen molar-refractivity contribution >= 4 is 29.7 Å². The van der Waals surface area contributed by atoms with Gasteiger partial charge in [-0.2, -0.15) is 0 Å². The molecule has 1 heterocycles. The summed E-state index contributed by atoms with van der Waals surface area (Å²) in [5, 5.41) is 18.2. The van der Waals surface area contributed by atoms with E-state index < -0.39 is 65.3 Å². The molecule has 1 aromatic heterocycles. The van der Waals surface area contributed by atoms with Crippen LogP contribution in [0.3, 0.4) is 0 Å². The van der Waals surface area contributed by atoms with Crippen molar-refractivity contribution in [3.05, 3.63) is 138 Å². The number of ether oxygens (including phenoxy) is 1. The average Bonchev–Trinajstić information content (AvgIpc) is 3.13. The van der Waals surface area contributed by atoms with Crippen LogP contribution in [0.1, 0.15) is 62.3 Å². The summed E-state index contributed by atoms with van der Waals surface area (Å²) in [5.74, 6) is -4.22. The number of benzene rings is 3. The number of carboxylic acids is 1. The SMILES string of the molecule is CC(C)(C)OC(=O)CC[C@H](N)C(=O)N[C@@H](CC(=O)NC(c1ccccc1)(c1ccccc1)c1ccccc1)C(=O)N[C@@H](Cc1cccnc1)C(=O)O. The lowest BCUT2D eigenvalue weighted by molar-refractivity contribution is -0.155. The van der Waals surface area contributed by atoms with Gasteiger partial charge in [0.25, 0.3) is 0 Å². The third-order valence-corrected chi connectivity index (χ3v) is 8.16. The van der Waals surface area contributed by atoms with Gasteiger partial charge in [-0.25, -0.2) is 4.79 Å². The molecule has 12 nitrogen and oxygen atoms in total. The lowest BCUT2D eigenvalue weighted by Gasteiger charge is -2.37. The topological polar surface area (TPSA) is 190 Å². The summed E-state index contributed by atoms with van der Waals surface area (Å²) < 4.78 is 5.31. The van der Waals surface area contributed by atoms with Gasteiger partial charge in [0.2, 0.25) is 17.7 Å². The number of amides is 3. The number of carboxylic acid groups (broad SMARTS) is 1. The Balaban J connectivity index is 1.65. The largest absolute Gasteiger partial charge is 0.480 e. The molecule has 4 aromatic rings. The predicted octanol–water partition coefficient (Wildman–Crippen LogP) is 3.63. The molecule has 0 aliphatic heterocycles. The van der Waals surface area contributed by atoms with E-state index in [1.807, 2.05) is 91.0 Å². The van der Waals surface area contributed by atoms with Crippen LogP contribution >= 0.6 is 0 Å². The highest BCUT2D eigenvalue weighted by Gasteiger charge is 2.39. The van der Waals surface area contributed by atoms with E-state index in [0.29, 0.717) is 5.56 Å². The predicted molar refractivity (Wildman–Crippen MR) is 194 cm³/mol. The van der Waals surface area contributed by atoms with Crippen LogP contribution in [-0.4, -0.2) is 63.5 Å².